The fourth-order valence-corrected chi connectivity index (χ4v) is 5.04. The lowest BCUT2D eigenvalue weighted by atomic mass is 10.1. The van der Waals surface area contributed by atoms with Crippen LogP contribution in [0, 0.1) is 11.6 Å². The average Bonchev–Trinajstić information content (AvgIpc) is 3.24. The zero-order valence-corrected chi connectivity index (χ0v) is 23.5. The van der Waals surface area contributed by atoms with Crippen molar-refractivity contribution in [1.29, 1.82) is 0 Å². The first-order valence-corrected chi connectivity index (χ1v) is 13.6. The normalized spacial score (nSPS) is 19.2. The summed E-state index contributed by atoms with van der Waals surface area (Å²) >= 11 is 6.19. The van der Waals surface area contributed by atoms with E-state index in [0.717, 1.165) is 12.1 Å². The Morgan fingerprint density at radius 2 is 1.84 bits per heavy atom. The molecular weight excluding hydrogens is 603 g/mol. The monoisotopic (exact) mass is 630 g/mol. The second kappa shape index (κ2) is 13.1. The minimum atomic E-state index is -4.26. The number of hydrogen-bond donors (Lipinski definition) is 4. The van der Waals surface area contributed by atoms with Crippen molar-refractivity contribution in [2.75, 3.05) is 36.4 Å². The van der Waals surface area contributed by atoms with Crippen molar-refractivity contribution >= 4 is 46.7 Å². The van der Waals surface area contributed by atoms with Crippen LogP contribution in [-0.2, 0) is 16.1 Å². The van der Waals surface area contributed by atoms with E-state index in [2.05, 4.69) is 16.0 Å². The molecular formula is C27H28ClF5N6O4. The molecule has 16 heteroatoms. The molecule has 0 aromatic heterocycles. The molecule has 4 rings (SSSR count). The number of nitrogens with one attached hydrogen (secondary N) is 4. The molecule has 232 valence electrons. The highest BCUT2D eigenvalue weighted by atomic mass is 35.5. The number of carbonyl (C=O) groups is 4. The predicted octanol–water partition coefficient (Wildman–Crippen LogP) is 3.55. The van der Waals surface area contributed by atoms with E-state index in [1.54, 1.807) is 11.0 Å². The van der Waals surface area contributed by atoms with Gasteiger partial charge in [-0.25, -0.2) is 13.6 Å². The molecule has 0 saturated carbocycles. The highest BCUT2D eigenvalue weighted by Crippen LogP contribution is 2.33. The molecule has 2 aromatic carbocycles. The summed E-state index contributed by atoms with van der Waals surface area (Å²) in [4.78, 5) is 51.4. The van der Waals surface area contributed by atoms with Crippen molar-refractivity contribution in [2.24, 2.45) is 0 Å². The number of alkyl halides is 3. The maximum absolute atomic E-state index is 15.0. The number of hydrogen-bond acceptors (Lipinski definition) is 6. The Balaban J connectivity index is 1.41. The van der Waals surface area contributed by atoms with Crippen molar-refractivity contribution in [3.8, 4) is 0 Å². The molecule has 0 bridgehead atoms. The van der Waals surface area contributed by atoms with Gasteiger partial charge in [0.05, 0.1) is 29.8 Å². The van der Waals surface area contributed by atoms with Crippen LogP contribution >= 0.6 is 11.6 Å². The Kier molecular flexibility index (Phi) is 9.75. The van der Waals surface area contributed by atoms with E-state index in [9.17, 15) is 41.1 Å². The Bertz CT molecular complexity index is 1420. The molecule has 2 aromatic rings. The summed E-state index contributed by atoms with van der Waals surface area (Å²) < 4.78 is 67.8. The highest BCUT2D eigenvalue weighted by molar-refractivity contribution is 6.31. The first kappa shape index (κ1) is 31.9. The lowest BCUT2D eigenvalue weighted by Gasteiger charge is -2.42. The van der Waals surface area contributed by atoms with Crippen LogP contribution in [0.3, 0.4) is 0 Å². The molecule has 2 aliphatic rings. The van der Waals surface area contributed by atoms with E-state index in [-0.39, 0.29) is 23.8 Å². The van der Waals surface area contributed by atoms with Gasteiger partial charge in [-0.15, -0.1) is 0 Å². The Morgan fingerprint density at radius 3 is 2.49 bits per heavy atom. The van der Waals surface area contributed by atoms with E-state index >= 15 is 0 Å². The van der Waals surface area contributed by atoms with Crippen molar-refractivity contribution < 1.29 is 41.1 Å². The second-order valence-electron chi connectivity index (χ2n) is 10.2. The van der Waals surface area contributed by atoms with Crippen LogP contribution in [-0.4, -0.2) is 73.1 Å². The van der Waals surface area contributed by atoms with Crippen LogP contribution in [0.1, 0.15) is 35.7 Å². The number of imide groups is 1. The standard InChI is InChI=1S/C27H28ClF5N6O4/c1-14-13-38(7-6-27(31,32)33)8-9-39(14)20-10-16(28)3-5-18(20)35-24(41)17-4-2-15(22(29)23(17)30)12-34-21(40)11-19-25(42)37-26(43)36-19/h2-5,10,14,19H,6-9,11-13H2,1H3,(H,34,40)(H,35,41)(H2,36,37,42,43)/t14-,19-/m1/s1. The van der Waals surface area contributed by atoms with Gasteiger partial charge in [-0.3, -0.25) is 24.6 Å². The minimum absolute atomic E-state index is 0.138. The zero-order valence-electron chi connectivity index (χ0n) is 22.8. The molecule has 10 nitrogen and oxygen atoms in total. The molecule has 5 amide bonds. The minimum Gasteiger partial charge on any atom is -0.365 e. The molecule has 2 saturated heterocycles. The number of anilines is 2. The summed E-state index contributed by atoms with van der Waals surface area (Å²) in [6, 6.07) is 4.66. The van der Waals surface area contributed by atoms with Crippen molar-refractivity contribution in [3.05, 3.63) is 58.1 Å². The van der Waals surface area contributed by atoms with Crippen LogP contribution in [0.15, 0.2) is 30.3 Å². The van der Waals surface area contributed by atoms with Gasteiger partial charge >= 0.3 is 12.2 Å². The molecule has 2 atom stereocenters. The molecule has 0 unspecified atom stereocenters. The lowest BCUT2D eigenvalue weighted by Crippen LogP contribution is -2.52. The molecule has 43 heavy (non-hydrogen) atoms. The number of carbonyl (C=O) groups excluding carboxylic acids is 4. The smallest absolute Gasteiger partial charge is 0.365 e. The van der Waals surface area contributed by atoms with Crippen molar-refractivity contribution in [3.63, 3.8) is 0 Å². The maximum atomic E-state index is 15.0. The van der Waals surface area contributed by atoms with Crippen LogP contribution < -0.4 is 26.2 Å². The second-order valence-corrected chi connectivity index (χ2v) is 10.7. The van der Waals surface area contributed by atoms with E-state index < -0.39 is 72.6 Å². The van der Waals surface area contributed by atoms with Crippen LogP contribution in [0.5, 0.6) is 0 Å². The molecule has 4 N–H and O–H groups in total. The molecule has 0 aliphatic carbocycles. The average molecular weight is 631 g/mol. The Morgan fingerprint density at radius 1 is 1.09 bits per heavy atom. The molecule has 0 spiro atoms. The molecule has 0 radical (unpaired) electrons. The first-order valence-electron chi connectivity index (χ1n) is 13.2. The van der Waals surface area contributed by atoms with Crippen LogP contribution in [0.25, 0.3) is 0 Å². The number of benzene rings is 2. The van der Waals surface area contributed by atoms with E-state index in [0.29, 0.717) is 30.3 Å². The quantitative estimate of drug-likeness (QED) is 0.248. The summed E-state index contributed by atoms with van der Waals surface area (Å²) in [6.45, 7) is 2.24. The fourth-order valence-electron chi connectivity index (χ4n) is 4.87. The van der Waals surface area contributed by atoms with Crippen LogP contribution in [0.4, 0.5) is 38.1 Å². The summed E-state index contributed by atoms with van der Waals surface area (Å²) in [5.41, 5.74) is -0.157. The number of urea groups is 1. The maximum Gasteiger partial charge on any atom is 0.390 e. The number of rotatable bonds is 9. The van der Waals surface area contributed by atoms with Gasteiger partial charge in [0.2, 0.25) is 5.91 Å². The van der Waals surface area contributed by atoms with E-state index in [1.807, 2.05) is 17.1 Å². The highest BCUT2D eigenvalue weighted by Gasteiger charge is 2.32. The van der Waals surface area contributed by atoms with Gasteiger partial charge in [-0.2, -0.15) is 13.2 Å². The Labute approximate surface area is 247 Å². The van der Waals surface area contributed by atoms with Gasteiger partial charge in [-0.05, 0) is 31.2 Å². The topological polar surface area (TPSA) is 123 Å². The van der Waals surface area contributed by atoms with Gasteiger partial charge in [0, 0.05) is 49.4 Å². The molecule has 2 aliphatic heterocycles. The Hall–Kier alpha value is -3.98. The molecule has 2 fully saturated rings. The summed E-state index contributed by atoms with van der Waals surface area (Å²) in [7, 11) is 0. The fraction of sp³-hybridized carbons (Fsp3) is 0.407. The zero-order chi connectivity index (χ0) is 31.5. The van der Waals surface area contributed by atoms with E-state index in [4.69, 9.17) is 11.6 Å². The van der Waals surface area contributed by atoms with Gasteiger partial charge in [0.15, 0.2) is 11.6 Å². The lowest BCUT2D eigenvalue weighted by molar-refractivity contribution is -0.138. The van der Waals surface area contributed by atoms with Gasteiger partial charge < -0.3 is 20.9 Å². The van der Waals surface area contributed by atoms with Gasteiger partial charge in [0.25, 0.3) is 11.8 Å². The number of halogens is 6. The largest absolute Gasteiger partial charge is 0.390 e. The number of nitrogens with zero attached hydrogens (tertiary/aromatic N) is 2. The predicted molar refractivity (Wildman–Crippen MR) is 147 cm³/mol. The summed E-state index contributed by atoms with van der Waals surface area (Å²) in [5, 5.41) is 9.45. The summed E-state index contributed by atoms with van der Waals surface area (Å²) in [6.07, 6.45) is -5.60. The SMILES string of the molecule is C[C@@H]1CN(CCC(F)(F)F)CCN1c1cc(Cl)ccc1NC(=O)c1ccc(CNC(=O)C[C@H]2NC(=O)NC2=O)c(F)c1F. The first-order chi connectivity index (χ1) is 20.2. The number of piperazine rings is 1. The summed E-state index contributed by atoms with van der Waals surface area (Å²) in [5.74, 6) is -5.16. The van der Waals surface area contributed by atoms with Gasteiger partial charge in [-0.1, -0.05) is 17.7 Å². The number of amides is 5. The third-order valence-corrected chi connectivity index (χ3v) is 7.31. The molecule has 2 heterocycles. The third kappa shape index (κ3) is 8.10. The van der Waals surface area contributed by atoms with E-state index in [1.165, 1.54) is 12.1 Å². The third-order valence-electron chi connectivity index (χ3n) is 7.07. The van der Waals surface area contributed by atoms with Crippen molar-refractivity contribution in [2.45, 2.75) is 44.6 Å². The van der Waals surface area contributed by atoms with Gasteiger partial charge in [0.1, 0.15) is 6.04 Å². The van der Waals surface area contributed by atoms with Crippen LogP contribution in [0.2, 0.25) is 5.02 Å². The van der Waals surface area contributed by atoms with Crippen molar-refractivity contribution in [1.82, 2.24) is 20.9 Å².